The largest absolute Gasteiger partial charge is 0.489 e. The molecule has 1 aromatic carbocycles. The average Bonchev–Trinajstić information content (AvgIpc) is 2.64. The van der Waals surface area contributed by atoms with Crippen LogP contribution in [0.3, 0.4) is 0 Å². The number of nitrogens with zero attached hydrogens (tertiary/aromatic N) is 2. The van der Waals surface area contributed by atoms with Crippen molar-refractivity contribution in [3.63, 3.8) is 0 Å². The molecule has 0 saturated heterocycles. The molecule has 1 fully saturated rings. The number of amides is 1. The maximum Gasteiger partial charge on any atom is 0.271 e. The number of nitrogens with one attached hydrogen (secondary N) is 2. The molecule has 1 saturated carbocycles. The van der Waals surface area contributed by atoms with Crippen molar-refractivity contribution in [2.24, 2.45) is 0 Å². The van der Waals surface area contributed by atoms with Crippen molar-refractivity contribution < 1.29 is 9.53 Å². The molecule has 2 N–H and O–H groups in total. The highest BCUT2D eigenvalue weighted by atomic mass is 16.5. The molecule has 1 aliphatic carbocycles. The monoisotopic (exact) mass is 354 g/mol. The zero-order valence-corrected chi connectivity index (χ0v) is 15.4. The van der Waals surface area contributed by atoms with Crippen LogP contribution in [0.1, 0.15) is 56.4 Å². The van der Waals surface area contributed by atoms with Gasteiger partial charge < -0.3 is 15.4 Å². The molecule has 1 aromatic heterocycles. The SMILES string of the molecule is CC(C)Oc1ccccc1Nc1cnc(C(=O)NC2CCCCC2)cn1. The first-order valence-corrected chi connectivity index (χ1v) is 9.27. The molecule has 26 heavy (non-hydrogen) atoms. The lowest BCUT2D eigenvalue weighted by molar-refractivity contribution is 0.0922. The number of para-hydroxylation sites is 2. The van der Waals surface area contributed by atoms with Crippen molar-refractivity contribution in [2.45, 2.75) is 58.1 Å². The first-order valence-electron chi connectivity index (χ1n) is 9.27. The summed E-state index contributed by atoms with van der Waals surface area (Å²) in [5.74, 6) is 1.17. The second-order valence-electron chi connectivity index (χ2n) is 6.88. The Morgan fingerprint density at radius 3 is 2.58 bits per heavy atom. The van der Waals surface area contributed by atoms with Crippen LogP contribution in [0.2, 0.25) is 0 Å². The lowest BCUT2D eigenvalue weighted by Gasteiger charge is -2.22. The maximum absolute atomic E-state index is 12.3. The summed E-state index contributed by atoms with van der Waals surface area (Å²) in [7, 11) is 0. The molecule has 0 atom stereocenters. The summed E-state index contributed by atoms with van der Waals surface area (Å²) in [6.07, 6.45) is 8.86. The molecule has 0 radical (unpaired) electrons. The molecule has 0 spiro atoms. The summed E-state index contributed by atoms with van der Waals surface area (Å²) in [6, 6.07) is 7.93. The van der Waals surface area contributed by atoms with Crippen LogP contribution in [0.5, 0.6) is 5.75 Å². The first-order chi connectivity index (χ1) is 12.6. The summed E-state index contributed by atoms with van der Waals surface area (Å²) >= 11 is 0. The third-order valence-corrected chi connectivity index (χ3v) is 4.34. The van der Waals surface area contributed by atoms with E-state index in [1.807, 2.05) is 38.1 Å². The lowest BCUT2D eigenvalue weighted by atomic mass is 9.95. The average molecular weight is 354 g/mol. The van der Waals surface area contributed by atoms with E-state index in [-0.39, 0.29) is 18.1 Å². The predicted molar refractivity (Wildman–Crippen MR) is 102 cm³/mol. The van der Waals surface area contributed by atoms with Gasteiger partial charge in [-0.2, -0.15) is 0 Å². The van der Waals surface area contributed by atoms with Gasteiger partial charge in [0.25, 0.3) is 5.91 Å². The van der Waals surface area contributed by atoms with Crippen molar-refractivity contribution in [3.05, 3.63) is 42.4 Å². The number of carbonyl (C=O) groups excluding carboxylic acids is 1. The van der Waals surface area contributed by atoms with Crippen LogP contribution in [-0.4, -0.2) is 28.0 Å². The number of benzene rings is 1. The molecule has 138 valence electrons. The van der Waals surface area contributed by atoms with Crippen LogP contribution in [0, 0.1) is 0 Å². The Morgan fingerprint density at radius 1 is 1.12 bits per heavy atom. The third kappa shape index (κ3) is 4.94. The van der Waals surface area contributed by atoms with Gasteiger partial charge in [0.15, 0.2) is 0 Å². The van der Waals surface area contributed by atoms with Gasteiger partial charge in [0.2, 0.25) is 0 Å². The second kappa shape index (κ2) is 8.65. The normalized spacial score (nSPS) is 14.9. The van der Waals surface area contributed by atoms with Gasteiger partial charge in [-0.25, -0.2) is 9.97 Å². The van der Waals surface area contributed by atoms with Crippen LogP contribution in [0.15, 0.2) is 36.7 Å². The highest BCUT2D eigenvalue weighted by Crippen LogP contribution is 2.27. The minimum Gasteiger partial charge on any atom is -0.489 e. The van der Waals surface area contributed by atoms with E-state index < -0.39 is 0 Å². The number of rotatable bonds is 6. The predicted octanol–water partition coefficient (Wildman–Crippen LogP) is 4.07. The molecule has 1 heterocycles. The number of anilines is 2. The van der Waals surface area contributed by atoms with Crippen molar-refractivity contribution >= 4 is 17.4 Å². The van der Waals surface area contributed by atoms with E-state index in [9.17, 15) is 4.79 Å². The van der Waals surface area contributed by atoms with Crippen LogP contribution in [-0.2, 0) is 0 Å². The lowest BCUT2D eigenvalue weighted by Crippen LogP contribution is -2.36. The van der Waals surface area contributed by atoms with E-state index >= 15 is 0 Å². The fraction of sp³-hybridized carbons (Fsp3) is 0.450. The van der Waals surface area contributed by atoms with E-state index in [2.05, 4.69) is 20.6 Å². The van der Waals surface area contributed by atoms with E-state index in [0.29, 0.717) is 11.5 Å². The smallest absolute Gasteiger partial charge is 0.271 e. The standard InChI is InChI=1S/C20H26N4O2/c1-14(2)26-18-11-7-6-10-16(18)24-19-13-21-17(12-22-19)20(25)23-15-8-4-3-5-9-15/h6-7,10-15H,3-5,8-9H2,1-2H3,(H,22,24)(H,23,25). The second-order valence-corrected chi connectivity index (χ2v) is 6.88. The Balaban J connectivity index is 1.63. The summed E-state index contributed by atoms with van der Waals surface area (Å²) < 4.78 is 5.79. The van der Waals surface area contributed by atoms with Gasteiger partial charge in [0, 0.05) is 6.04 Å². The molecule has 0 unspecified atom stereocenters. The number of hydrogen-bond acceptors (Lipinski definition) is 5. The highest BCUT2D eigenvalue weighted by Gasteiger charge is 2.17. The molecule has 3 rings (SSSR count). The molecule has 0 aliphatic heterocycles. The highest BCUT2D eigenvalue weighted by molar-refractivity contribution is 5.92. The molecule has 2 aromatic rings. The van der Waals surface area contributed by atoms with Gasteiger partial charge in [0.05, 0.1) is 24.2 Å². The topological polar surface area (TPSA) is 76.1 Å². The minimum atomic E-state index is -0.153. The van der Waals surface area contributed by atoms with E-state index in [1.54, 1.807) is 6.20 Å². The maximum atomic E-state index is 12.3. The summed E-state index contributed by atoms with van der Waals surface area (Å²) in [4.78, 5) is 20.9. The molecule has 1 aliphatic rings. The number of aromatic nitrogens is 2. The number of hydrogen-bond donors (Lipinski definition) is 2. The zero-order chi connectivity index (χ0) is 18.4. The number of carbonyl (C=O) groups is 1. The van der Waals surface area contributed by atoms with Gasteiger partial charge in [-0.3, -0.25) is 4.79 Å². The van der Waals surface area contributed by atoms with E-state index in [4.69, 9.17) is 4.74 Å². The van der Waals surface area contributed by atoms with Crippen molar-refractivity contribution in [3.8, 4) is 5.75 Å². The third-order valence-electron chi connectivity index (χ3n) is 4.34. The molecule has 6 nitrogen and oxygen atoms in total. The quantitative estimate of drug-likeness (QED) is 0.818. The van der Waals surface area contributed by atoms with Crippen LogP contribution < -0.4 is 15.4 Å². The van der Waals surface area contributed by atoms with Gasteiger partial charge in [-0.05, 0) is 38.8 Å². The van der Waals surface area contributed by atoms with Gasteiger partial charge in [-0.15, -0.1) is 0 Å². The molecule has 1 amide bonds. The Labute approximate surface area is 154 Å². The number of ether oxygens (including phenoxy) is 1. The minimum absolute atomic E-state index is 0.0786. The van der Waals surface area contributed by atoms with Crippen LogP contribution in [0.25, 0.3) is 0 Å². The Bertz CT molecular complexity index is 725. The van der Waals surface area contributed by atoms with Crippen molar-refractivity contribution in [1.82, 2.24) is 15.3 Å². The first kappa shape index (κ1) is 18.2. The summed E-state index contributed by atoms with van der Waals surface area (Å²) in [6.45, 7) is 3.96. The summed E-state index contributed by atoms with van der Waals surface area (Å²) in [5, 5.41) is 6.25. The Morgan fingerprint density at radius 2 is 1.88 bits per heavy atom. The fourth-order valence-corrected chi connectivity index (χ4v) is 3.08. The summed E-state index contributed by atoms with van der Waals surface area (Å²) in [5.41, 5.74) is 1.16. The molecular formula is C20H26N4O2. The van der Waals surface area contributed by atoms with Gasteiger partial charge in [0.1, 0.15) is 17.3 Å². The van der Waals surface area contributed by atoms with Gasteiger partial charge >= 0.3 is 0 Å². The molecular weight excluding hydrogens is 328 g/mol. The Kier molecular flexibility index (Phi) is 6.04. The molecule has 0 bridgehead atoms. The van der Waals surface area contributed by atoms with Gasteiger partial charge in [-0.1, -0.05) is 31.4 Å². The van der Waals surface area contributed by atoms with Crippen LogP contribution >= 0.6 is 0 Å². The van der Waals surface area contributed by atoms with E-state index in [0.717, 1.165) is 24.3 Å². The van der Waals surface area contributed by atoms with Crippen molar-refractivity contribution in [1.29, 1.82) is 0 Å². The Hall–Kier alpha value is -2.63. The molecule has 6 heteroatoms. The van der Waals surface area contributed by atoms with Crippen LogP contribution in [0.4, 0.5) is 11.5 Å². The van der Waals surface area contributed by atoms with E-state index in [1.165, 1.54) is 25.5 Å². The zero-order valence-electron chi connectivity index (χ0n) is 15.4. The fourth-order valence-electron chi connectivity index (χ4n) is 3.08. The van der Waals surface area contributed by atoms with Crippen molar-refractivity contribution in [2.75, 3.05) is 5.32 Å².